The van der Waals surface area contributed by atoms with E-state index in [-0.39, 0.29) is 18.1 Å². The largest absolute Gasteiger partial charge is 0.472 e. The van der Waals surface area contributed by atoms with E-state index < -0.39 is 6.67 Å². The van der Waals surface area contributed by atoms with Gasteiger partial charge in [0.1, 0.15) is 12.8 Å². The minimum absolute atomic E-state index is 0.0850. The number of hydrogen-bond donors (Lipinski definition) is 0. The summed E-state index contributed by atoms with van der Waals surface area (Å²) in [4.78, 5) is 21.0. The van der Waals surface area contributed by atoms with Gasteiger partial charge in [0.15, 0.2) is 0 Å². The van der Waals surface area contributed by atoms with Gasteiger partial charge in [0, 0.05) is 18.8 Å². The van der Waals surface area contributed by atoms with E-state index in [1.54, 1.807) is 30.6 Å². The van der Waals surface area contributed by atoms with Crippen molar-refractivity contribution in [1.29, 1.82) is 0 Å². The number of rotatable bonds is 6. The molecule has 3 atom stereocenters. The predicted octanol–water partition coefficient (Wildman–Crippen LogP) is 3.45. The zero-order valence-electron chi connectivity index (χ0n) is 17.0. The quantitative estimate of drug-likeness (QED) is 0.624. The van der Waals surface area contributed by atoms with Gasteiger partial charge in [-0.3, -0.25) is 4.79 Å². The smallest absolute Gasteiger partial charge is 0.256 e. The zero-order chi connectivity index (χ0) is 21.1. The number of ether oxygens (including phenoxy) is 1. The molecule has 0 aliphatic carbocycles. The lowest BCUT2D eigenvalue weighted by Crippen LogP contribution is -2.44. The van der Waals surface area contributed by atoms with Crippen LogP contribution in [0.5, 0.6) is 5.88 Å². The number of likely N-dealkylation sites (tertiary alicyclic amines) is 1. The first-order chi connectivity index (χ1) is 14.6. The van der Waals surface area contributed by atoms with Gasteiger partial charge in [-0.15, -0.1) is 0 Å². The minimum atomic E-state index is -0.573. The summed E-state index contributed by atoms with van der Waals surface area (Å²) in [6.45, 7) is 4.11. The highest BCUT2D eigenvalue weighted by Crippen LogP contribution is 2.30. The van der Waals surface area contributed by atoms with Crippen LogP contribution in [0, 0.1) is 5.92 Å². The Labute approximate surface area is 174 Å². The number of para-hydroxylation sites is 1. The van der Waals surface area contributed by atoms with E-state index in [2.05, 4.69) is 22.1 Å². The molecule has 0 spiro atoms. The molecule has 0 radical (unpaired) electrons. The van der Waals surface area contributed by atoms with Crippen molar-refractivity contribution in [2.75, 3.05) is 6.54 Å². The van der Waals surface area contributed by atoms with Gasteiger partial charge >= 0.3 is 0 Å². The van der Waals surface area contributed by atoms with Crippen LogP contribution in [0.2, 0.25) is 0 Å². The molecule has 1 aliphatic heterocycles. The Morgan fingerprint density at radius 3 is 2.77 bits per heavy atom. The monoisotopic (exact) mass is 409 g/mol. The Bertz CT molecular complexity index is 1010. The van der Waals surface area contributed by atoms with Crippen LogP contribution in [0.1, 0.15) is 36.2 Å². The van der Waals surface area contributed by atoms with Crippen LogP contribution >= 0.6 is 0 Å². The summed E-state index contributed by atoms with van der Waals surface area (Å²) in [6, 6.07) is 10.4. The minimum Gasteiger partial charge on any atom is -0.472 e. The van der Waals surface area contributed by atoms with Crippen LogP contribution in [-0.2, 0) is 6.67 Å². The van der Waals surface area contributed by atoms with E-state index in [0.717, 1.165) is 6.42 Å². The van der Waals surface area contributed by atoms with Crippen LogP contribution in [0.25, 0.3) is 5.69 Å². The third-order valence-corrected chi connectivity index (χ3v) is 5.38. The topological polar surface area (TPSA) is 73.1 Å². The highest BCUT2D eigenvalue weighted by molar-refractivity contribution is 5.98. The Hall–Kier alpha value is -3.29. The Morgan fingerprint density at radius 1 is 1.23 bits per heavy atom. The van der Waals surface area contributed by atoms with E-state index in [1.807, 2.05) is 30.0 Å². The van der Waals surface area contributed by atoms with Crippen molar-refractivity contribution < 1.29 is 13.9 Å². The molecule has 2 aromatic heterocycles. The third-order valence-electron chi connectivity index (χ3n) is 5.38. The van der Waals surface area contributed by atoms with Gasteiger partial charge in [0.05, 0.1) is 29.7 Å². The zero-order valence-corrected chi connectivity index (χ0v) is 17.0. The summed E-state index contributed by atoms with van der Waals surface area (Å²) in [7, 11) is 0. The van der Waals surface area contributed by atoms with E-state index in [4.69, 9.17) is 4.74 Å². The Kier molecular flexibility index (Phi) is 5.74. The number of hydrogen-bond acceptors (Lipinski definition) is 5. The van der Waals surface area contributed by atoms with Crippen molar-refractivity contribution in [2.45, 2.75) is 39.1 Å². The summed E-state index contributed by atoms with van der Waals surface area (Å²) >= 11 is 0. The SMILES string of the molecule is CC1CC(C(C)Oc2cc(CF)ccn2)N(C(=O)c2ccccc2-n2nccn2)C1. The van der Waals surface area contributed by atoms with Crippen molar-refractivity contribution >= 4 is 5.91 Å². The lowest BCUT2D eigenvalue weighted by Gasteiger charge is -2.30. The molecule has 1 saturated heterocycles. The van der Waals surface area contributed by atoms with Gasteiger partial charge in [-0.2, -0.15) is 15.0 Å². The molecule has 3 aromatic rings. The van der Waals surface area contributed by atoms with Crippen LogP contribution in [-0.4, -0.2) is 49.5 Å². The van der Waals surface area contributed by atoms with Gasteiger partial charge in [-0.1, -0.05) is 19.1 Å². The Morgan fingerprint density at radius 2 is 2.00 bits per heavy atom. The first kappa shape index (κ1) is 20.0. The van der Waals surface area contributed by atoms with Crippen LogP contribution < -0.4 is 4.74 Å². The molecule has 4 rings (SSSR count). The summed E-state index contributed by atoms with van der Waals surface area (Å²) in [6.07, 6.45) is 5.21. The van der Waals surface area contributed by atoms with Crippen molar-refractivity contribution in [3.63, 3.8) is 0 Å². The van der Waals surface area contributed by atoms with Gasteiger partial charge in [-0.05, 0) is 43.0 Å². The maximum absolute atomic E-state index is 13.5. The number of nitrogens with zero attached hydrogens (tertiary/aromatic N) is 5. The molecule has 1 aromatic carbocycles. The number of carbonyl (C=O) groups excluding carboxylic acids is 1. The summed E-state index contributed by atoms with van der Waals surface area (Å²) in [5.74, 6) is 0.619. The molecule has 3 heterocycles. The number of alkyl halides is 1. The molecule has 3 unspecified atom stereocenters. The highest BCUT2D eigenvalue weighted by atomic mass is 19.1. The van der Waals surface area contributed by atoms with Gasteiger partial charge in [0.2, 0.25) is 5.88 Å². The average molecular weight is 409 g/mol. The molecule has 8 heteroatoms. The lowest BCUT2D eigenvalue weighted by molar-refractivity contribution is 0.0579. The third kappa shape index (κ3) is 4.03. The Balaban J connectivity index is 1.58. The van der Waals surface area contributed by atoms with Crippen LogP contribution in [0.3, 0.4) is 0 Å². The fraction of sp³-hybridized carbons (Fsp3) is 0.364. The number of halogens is 1. The molecule has 1 amide bonds. The van der Waals surface area contributed by atoms with Crippen molar-refractivity contribution in [1.82, 2.24) is 24.9 Å². The van der Waals surface area contributed by atoms with Gasteiger partial charge in [0.25, 0.3) is 5.91 Å². The molecule has 0 bridgehead atoms. The first-order valence-corrected chi connectivity index (χ1v) is 10.0. The average Bonchev–Trinajstić information content (AvgIpc) is 3.43. The number of pyridine rings is 1. The number of carbonyl (C=O) groups is 1. The fourth-order valence-corrected chi connectivity index (χ4v) is 3.95. The van der Waals surface area contributed by atoms with E-state index in [1.165, 1.54) is 11.0 Å². The maximum Gasteiger partial charge on any atom is 0.256 e. The second-order valence-corrected chi connectivity index (χ2v) is 7.66. The van der Waals surface area contributed by atoms with E-state index in [0.29, 0.717) is 35.2 Å². The molecule has 7 nitrogen and oxygen atoms in total. The van der Waals surface area contributed by atoms with Crippen LogP contribution in [0.4, 0.5) is 4.39 Å². The summed E-state index contributed by atoms with van der Waals surface area (Å²) in [5.41, 5.74) is 1.69. The second-order valence-electron chi connectivity index (χ2n) is 7.66. The molecule has 1 fully saturated rings. The van der Waals surface area contributed by atoms with Crippen LogP contribution in [0.15, 0.2) is 55.0 Å². The molecule has 156 valence electrons. The lowest BCUT2D eigenvalue weighted by atomic mass is 10.0. The molecular formula is C22H24FN5O2. The van der Waals surface area contributed by atoms with Crippen molar-refractivity contribution in [3.05, 3.63) is 66.1 Å². The molecule has 0 N–H and O–H groups in total. The van der Waals surface area contributed by atoms with Crippen molar-refractivity contribution in [3.8, 4) is 11.6 Å². The highest BCUT2D eigenvalue weighted by Gasteiger charge is 2.38. The maximum atomic E-state index is 13.5. The van der Waals surface area contributed by atoms with E-state index in [9.17, 15) is 9.18 Å². The van der Waals surface area contributed by atoms with Gasteiger partial charge < -0.3 is 9.64 Å². The molecule has 30 heavy (non-hydrogen) atoms. The molecule has 1 aliphatic rings. The number of benzene rings is 1. The first-order valence-electron chi connectivity index (χ1n) is 10.0. The second kappa shape index (κ2) is 8.61. The normalized spacial score (nSPS) is 19.6. The molecular weight excluding hydrogens is 385 g/mol. The predicted molar refractivity (Wildman–Crippen MR) is 109 cm³/mol. The standard InChI is InChI=1S/C22H24FN5O2/c1-15-11-20(16(2)30-21-12-17(13-23)7-8-24-21)27(14-15)22(29)18-5-3-4-6-19(18)28-25-9-10-26-28/h3-10,12,15-16,20H,11,13-14H2,1-2H3. The van der Waals surface area contributed by atoms with Crippen molar-refractivity contribution in [2.24, 2.45) is 5.92 Å². The number of amides is 1. The summed E-state index contributed by atoms with van der Waals surface area (Å²) < 4.78 is 19.0. The van der Waals surface area contributed by atoms with Gasteiger partial charge in [-0.25, -0.2) is 9.37 Å². The fourth-order valence-electron chi connectivity index (χ4n) is 3.95. The number of aromatic nitrogens is 4. The molecule has 0 saturated carbocycles. The van der Waals surface area contributed by atoms with E-state index >= 15 is 0 Å². The summed E-state index contributed by atoms with van der Waals surface area (Å²) in [5, 5.41) is 8.34.